The summed E-state index contributed by atoms with van der Waals surface area (Å²) in [5, 5.41) is 0. The highest BCUT2D eigenvalue weighted by molar-refractivity contribution is 5.30. The highest BCUT2D eigenvalue weighted by Gasteiger charge is 2.65. The van der Waals surface area contributed by atoms with Crippen molar-refractivity contribution in [2.24, 2.45) is 23.7 Å². The molecule has 4 aliphatic carbocycles. The Labute approximate surface area is 104 Å². The van der Waals surface area contributed by atoms with Crippen LogP contribution in [0.2, 0.25) is 0 Å². The van der Waals surface area contributed by atoms with E-state index in [1.165, 1.54) is 51.4 Å². The van der Waals surface area contributed by atoms with Crippen LogP contribution in [0, 0.1) is 23.7 Å². The largest absolute Gasteiger partial charge is 0.359 e. The van der Waals surface area contributed by atoms with Crippen LogP contribution in [0.25, 0.3) is 0 Å². The Morgan fingerprint density at radius 2 is 0.882 bits per heavy atom. The van der Waals surface area contributed by atoms with Gasteiger partial charge in [0.1, 0.15) is 0 Å². The van der Waals surface area contributed by atoms with Crippen molar-refractivity contribution in [3.8, 4) is 0 Å². The molecule has 1 heteroatoms. The van der Waals surface area contributed by atoms with Crippen molar-refractivity contribution >= 4 is 0 Å². The first kappa shape index (κ1) is 9.61. The molecule has 0 unspecified atom stereocenters. The monoisotopic (exact) mass is 230 g/mol. The lowest BCUT2D eigenvalue weighted by Crippen LogP contribution is -2.43. The zero-order valence-electron chi connectivity index (χ0n) is 10.5. The second-order valence-corrected chi connectivity index (χ2v) is 7.24. The van der Waals surface area contributed by atoms with Gasteiger partial charge in [-0.2, -0.15) is 0 Å². The van der Waals surface area contributed by atoms with Gasteiger partial charge in [0.15, 0.2) is 0 Å². The van der Waals surface area contributed by atoms with Gasteiger partial charge >= 0.3 is 0 Å². The summed E-state index contributed by atoms with van der Waals surface area (Å²) in [5.41, 5.74) is 0.427. The van der Waals surface area contributed by atoms with Crippen LogP contribution in [0.5, 0.6) is 0 Å². The van der Waals surface area contributed by atoms with Gasteiger partial charge in [0.2, 0.25) is 0 Å². The highest BCUT2D eigenvalue weighted by atomic mass is 16.5. The van der Waals surface area contributed by atoms with Gasteiger partial charge in [-0.25, -0.2) is 0 Å². The third kappa shape index (κ3) is 1.24. The van der Waals surface area contributed by atoms with E-state index in [0.717, 1.165) is 23.7 Å². The maximum Gasteiger partial charge on any atom is 0.0931 e. The molecule has 0 aromatic carbocycles. The van der Waals surface area contributed by atoms with E-state index in [4.69, 9.17) is 4.74 Å². The van der Waals surface area contributed by atoms with E-state index >= 15 is 0 Å². The lowest BCUT2D eigenvalue weighted by molar-refractivity contribution is -0.132. The van der Waals surface area contributed by atoms with Crippen molar-refractivity contribution in [3.63, 3.8) is 0 Å². The fourth-order valence-corrected chi connectivity index (χ4v) is 4.32. The Balaban J connectivity index is 1.51. The predicted molar refractivity (Wildman–Crippen MR) is 66.6 cm³/mol. The Morgan fingerprint density at radius 1 is 0.588 bits per heavy atom. The normalized spacial score (nSPS) is 38.6. The number of rotatable bonds is 4. The minimum atomic E-state index is 0.213. The fraction of sp³-hybridized carbons (Fsp3) is 0.875. The molecule has 5 aliphatic rings. The second kappa shape index (κ2) is 2.82. The Bertz CT molecular complexity index is 320. The molecule has 0 aromatic rings. The van der Waals surface area contributed by atoms with Gasteiger partial charge in [-0.1, -0.05) is 12.2 Å². The minimum Gasteiger partial charge on any atom is -0.359 e. The summed E-state index contributed by atoms with van der Waals surface area (Å²) in [6, 6.07) is 0. The molecule has 0 amide bonds. The standard InChI is InChI=1S/C16H22O/c1-2-11(1)15(12-3-4-12)9-10-16(17-15,13-5-6-13)14-7-8-14/h9-14H,1-8H2. The SMILES string of the molecule is C1=CC(C2CC2)(C2CC2)OC1(C1CC1)C1CC1. The second-order valence-electron chi connectivity index (χ2n) is 7.24. The summed E-state index contributed by atoms with van der Waals surface area (Å²) < 4.78 is 6.92. The molecule has 5 rings (SSSR count). The molecular weight excluding hydrogens is 208 g/mol. The van der Waals surface area contributed by atoms with E-state index in [1.54, 1.807) is 0 Å². The van der Waals surface area contributed by atoms with Crippen molar-refractivity contribution in [1.29, 1.82) is 0 Å². The molecule has 92 valence electrons. The van der Waals surface area contributed by atoms with Crippen molar-refractivity contribution in [2.45, 2.75) is 62.6 Å². The molecule has 4 fully saturated rings. The fourth-order valence-electron chi connectivity index (χ4n) is 4.32. The molecule has 1 nitrogen and oxygen atoms in total. The summed E-state index contributed by atoms with van der Waals surface area (Å²) in [4.78, 5) is 0. The van der Waals surface area contributed by atoms with Crippen LogP contribution in [-0.4, -0.2) is 11.2 Å². The molecule has 0 radical (unpaired) electrons. The van der Waals surface area contributed by atoms with Gasteiger partial charge in [-0.05, 0) is 75.0 Å². The molecule has 0 atom stereocenters. The van der Waals surface area contributed by atoms with Crippen LogP contribution >= 0.6 is 0 Å². The first-order valence-corrected chi connectivity index (χ1v) is 7.74. The molecule has 1 aliphatic heterocycles. The van der Waals surface area contributed by atoms with Crippen LogP contribution < -0.4 is 0 Å². The molecule has 1 heterocycles. The summed E-state index contributed by atoms with van der Waals surface area (Å²) in [7, 11) is 0. The number of hydrogen-bond acceptors (Lipinski definition) is 1. The summed E-state index contributed by atoms with van der Waals surface area (Å²) >= 11 is 0. The molecule has 0 aromatic heterocycles. The average molecular weight is 230 g/mol. The molecule has 0 N–H and O–H groups in total. The maximum absolute atomic E-state index is 6.92. The Hall–Kier alpha value is -0.300. The number of ether oxygens (including phenoxy) is 1. The van der Waals surface area contributed by atoms with Gasteiger partial charge in [0, 0.05) is 0 Å². The van der Waals surface area contributed by atoms with Gasteiger partial charge < -0.3 is 4.74 Å². The number of hydrogen-bond donors (Lipinski definition) is 0. The van der Waals surface area contributed by atoms with Gasteiger partial charge in [-0.15, -0.1) is 0 Å². The average Bonchev–Trinajstić information content (AvgIpc) is 3.24. The van der Waals surface area contributed by atoms with Crippen molar-refractivity contribution in [1.82, 2.24) is 0 Å². The van der Waals surface area contributed by atoms with Crippen molar-refractivity contribution in [3.05, 3.63) is 12.2 Å². The van der Waals surface area contributed by atoms with E-state index in [9.17, 15) is 0 Å². The van der Waals surface area contributed by atoms with Crippen LogP contribution in [0.15, 0.2) is 12.2 Å². The van der Waals surface area contributed by atoms with Gasteiger partial charge in [0.25, 0.3) is 0 Å². The first-order chi connectivity index (χ1) is 8.33. The molecule has 0 saturated heterocycles. The molecular formula is C16H22O. The van der Waals surface area contributed by atoms with Gasteiger partial charge in [-0.3, -0.25) is 0 Å². The summed E-state index contributed by atoms with van der Waals surface area (Å²) in [6.07, 6.45) is 16.5. The van der Waals surface area contributed by atoms with Gasteiger partial charge in [0.05, 0.1) is 11.2 Å². The molecule has 17 heavy (non-hydrogen) atoms. The topological polar surface area (TPSA) is 9.23 Å². The van der Waals surface area contributed by atoms with Crippen LogP contribution in [-0.2, 0) is 4.74 Å². The van der Waals surface area contributed by atoms with E-state index < -0.39 is 0 Å². The third-order valence-corrected chi connectivity index (χ3v) is 5.82. The van der Waals surface area contributed by atoms with E-state index in [-0.39, 0.29) is 11.2 Å². The summed E-state index contributed by atoms with van der Waals surface area (Å²) in [6.45, 7) is 0. The zero-order chi connectivity index (χ0) is 11.1. The first-order valence-electron chi connectivity index (χ1n) is 7.74. The lowest BCUT2D eigenvalue weighted by Gasteiger charge is -2.37. The van der Waals surface area contributed by atoms with E-state index in [1.807, 2.05) is 0 Å². The molecule has 0 bridgehead atoms. The lowest BCUT2D eigenvalue weighted by atomic mass is 9.91. The third-order valence-electron chi connectivity index (χ3n) is 5.82. The summed E-state index contributed by atoms with van der Waals surface area (Å²) in [5.74, 6) is 3.52. The molecule has 0 spiro atoms. The zero-order valence-corrected chi connectivity index (χ0v) is 10.5. The van der Waals surface area contributed by atoms with E-state index in [0.29, 0.717) is 0 Å². The van der Waals surface area contributed by atoms with Crippen LogP contribution in [0.1, 0.15) is 51.4 Å². The highest BCUT2D eigenvalue weighted by Crippen LogP contribution is 2.65. The Kier molecular flexibility index (Phi) is 1.59. The quantitative estimate of drug-likeness (QED) is 0.669. The minimum absolute atomic E-state index is 0.213. The van der Waals surface area contributed by atoms with Crippen molar-refractivity contribution < 1.29 is 4.74 Å². The molecule has 4 saturated carbocycles. The van der Waals surface area contributed by atoms with Crippen molar-refractivity contribution in [2.75, 3.05) is 0 Å². The maximum atomic E-state index is 6.92. The smallest absolute Gasteiger partial charge is 0.0931 e. The van der Waals surface area contributed by atoms with Crippen LogP contribution in [0.3, 0.4) is 0 Å². The van der Waals surface area contributed by atoms with E-state index in [2.05, 4.69) is 12.2 Å². The Morgan fingerprint density at radius 3 is 1.12 bits per heavy atom. The van der Waals surface area contributed by atoms with Crippen LogP contribution in [0.4, 0.5) is 0 Å². The predicted octanol–water partition coefficient (Wildman–Crippen LogP) is 3.69.